The third kappa shape index (κ3) is 2.93. The molecule has 1 aromatic carbocycles. The molecule has 0 aromatic heterocycles. The maximum absolute atomic E-state index is 13.3. The molecular weight excluding hydrogens is 243 g/mol. The number of nitrogens with one attached hydrogen (secondary N) is 1. The predicted octanol–water partition coefficient (Wildman–Crippen LogP) is 1.20. The van der Waals surface area contributed by atoms with E-state index in [1.165, 1.54) is 19.9 Å². The van der Waals surface area contributed by atoms with Crippen molar-refractivity contribution in [1.82, 2.24) is 0 Å². The van der Waals surface area contributed by atoms with Crippen LogP contribution >= 0.6 is 0 Å². The van der Waals surface area contributed by atoms with Crippen LogP contribution in [0.4, 0.5) is 15.8 Å². The summed E-state index contributed by atoms with van der Waals surface area (Å²) in [6, 6.07) is 2.09. The number of aryl methyl sites for hydroxylation is 1. The standard InChI is InChI=1S/C11H15FN2O4/c1-7-3-9(13-11(2,5-15)6-16)10(14(17)18)4-8(7)12/h3-4,13,15-16H,5-6H2,1-2H3. The monoisotopic (exact) mass is 258 g/mol. The van der Waals surface area contributed by atoms with Gasteiger partial charge in [0.1, 0.15) is 11.5 Å². The van der Waals surface area contributed by atoms with Gasteiger partial charge in [-0.15, -0.1) is 0 Å². The summed E-state index contributed by atoms with van der Waals surface area (Å²) in [7, 11) is 0. The lowest BCUT2D eigenvalue weighted by Crippen LogP contribution is -2.42. The van der Waals surface area contributed by atoms with E-state index in [4.69, 9.17) is 10.2 Å². The molecule has 0 saturated heterocycles. The van der Waals surface area contributed by atoms with E-state index in [0.29, 0.717) is 0 Å². The normalized spacial score (nSPS) is 11.4. The highest BCUT2D eigenvalue weighted by molar-refractivity contribution is 5.64. The summed E-state index contributed by atoms with van der Waals surface area (Å²) in [5.41, 5.74) is -1.26. The highest BCUT2D eigenvalue weighted by Gasteiger charge is 2.26. The minimum absolute atomic E-state index is 0.0597. The molecule has 3 N–H and O–H groups in total. The molecule has 0 amide bonds. The van der Waals surface area contributed by atoms with Gasteiger partial charge in [-0.25, -0.2) is 4.39 Å². The minimum Gasteiger partial charge on any atom is -0.394 e. The summed E-state index contributed by atoms with van der Waals surface area (Å²) in [5, 5.41) is 31.8. The Kier molecular flexibility index (Phi) is 4.20. The zero-order chi connectivity index (χ0) is 13.9. The van der Waals surface area contributed by atoms with Gasteiger partial charge >= 0.3 is 0 Å². The predicted molar refractivity (Wildman–Crippen MR) is 64.0 cm³/mol. The Hall–Kier alpha value is -1.73. The Balaban J connectivity index is 3.22. The molecule has 0 heterocycles. The molecule has 0 unspecified atom stereocenters. The van der Waals surface area contributed by atoms with E-state index in [-0.39, 0.29) is 11.3 Å². The van der Waals surface area contributed by atoms with Crippen LogP contribution in [-0.2, 0) is 0 Å². The number of aliphatic hydroxyl groups is 2. The second kappa shape index (κ2) is 5.28. The molecule has 1 rings (SSSR count). The molecule has 0 atom stereocenters. The van der Waals surface area contributed by atoms with Gasteiger partial charge in [0, 0.05) is 0 Å². The first-order chi connectivity index (χ1) is 8.33. The highest BCUT2D eigenvalue weighted by atomic mass is 19.1. The molecule has 0 fully saturated rings. The Morgan fingerprint density at radius 1 is 1.44 bits per heavy atom. The van der Waals surface area contributed by atoms with Crippen molar-refractivity contribution >= 4 is 11.4 Å². The number of aliphatic hydroxyl groups excluding tert-OH is 2. The molecule has 0 bridgehead atoms. The van der Waals surface area contributed by atoms with Crippen LogP contribution in [0.5, 0.6) is 0 Å². The Labute approximate surface area is 103 Å². The number of halogens is 1. The van der Waals surface area contributed by atoms with Gasteiger partial charge in [-0.3, -0.25) is 10.1 Å². The van der Waals surface area contributed by atoms with E-state index in [9.17, 15) is 14.5 Å². The number of nitrogens with zero attached hydrogens (tertiary/aromatic N) is 1. The fraction of sp³-hybridized carbons (Fsp3) is 0.455. The lowest BCUT2D eigenvalue weighted by Gasteiger charge is -2.27. The molecule has 0 radical (unpaired) electrons. The minimum atomic E-state index is -1.12. The van der Waals surface area contributed by atoms with Crippen LogP contribution in [0, 0.1) is 22.9 Å². The topological polar surface area (TPSA) is 95.6 Å². The first-order valence-corrected chi connectivity index (χ1v) is 5.27. The van der Waals surface area contributed by atoms with Crippen molar-refractivity contribution < 1.29 is 19.5 Å². The van der Waals surface area contributed by atoms with E-state index in [0.717, 1.165) is 6.07 Å². The number of hydrogen-bond acceptors (Lipinski definition) is 5. The van der Waals surface area contributed by atoms with E-state index in [1.54, 1.807) is 0 Å². The molecular formula is C11H15FN2O4. The molecule has 0 aliphatic carbocycles. The number of hydrogen-bond donors (Lipinski definition) is 3. The number of nitro groups is 1. The average Bonchev–Trinajstić information content (AvgIpc) is 2.33. The number of benzene rings is 1. The van der Waals surface area contributed by atoms with Gasteiger partial charge in [0.2, 0.25) is 0 Å². The van der Waals surface area contributed by atoms with Gasteiger partial charge in [0.15, 0.2) is 0 Å². The number of anilines is 1. The molecule has 18 heavy (non-hydrogen) atoms. The van der Waals surface area contributed by atoms with Crippen LogP contribution in [0.15, 0.2) is 12.1 Å². The zero-order valence-corrected chi connectivity index (χ0v) is 10.1. The summed E-state index contributed by atoms with van der Waals surface area (Å²) >= 11 is 0. The Morgan fingerprint density at radius 3 is 2.44 bits per heavy atom. The first-order valence-electron chi connectivity index (χ1n) is 5.27. The fourth-order valence-corrected chi connectivity index (χ4v) is 1.38. The third-order valence-corrected chi connectivity index (χ3v) is 2.61. The quantitative estimate of drug-likeness (QED) is 0.544. The van der Waals surface area contributed by atoms with Gasteiger partial charge in [-0.2, -0.15) is 0 Å². The summed E-state index contributed by atoms with van der Waals surface area (Å²) < 4.78 is 13.3. The van der Waals surface area contributed by atoms with Crippen LogP contribution in [0.25, 0.3) is 0 Å². The van der Waals surface area contributed by atoms with Gasteiger partial charge in [-0.1, -0.05) is 0 Å². The SMILES string of the molecule is Cc1cc(NC(C)(CO)CO)c([N+](=O)[O-])cc1F. The van der Waals surface area contributed by atoms with Crippen molar-refractivity contribution in [3.8, 4) is 0 Å². The van der Waals surface area contributed by atoms with E-state index < -0.39 is 35.2 Å². The van der Waals surface area contributed by atoms with Crippen molar-refractivity contribution in [2.24, 2.45) is 0 Å². The molecule has 0 aliphatic rings. The largest absolute Gasteiger partial charge is 0.394 e. The second-order valence-electron chi connectivity index (χ2n) is 4.38. The molecule has 0 aliphatic heterocycles. The second-order valence-corrected chi connectivity index (χ2v) is 4.38. The Morgan fingerprint density at radius 2 is 2.00 bits per heavy atom. The summed E-state index contributed by atoms with van der Waals surface area (Å²) in [6.07, 6.45) is 0. The fourth-order valence-electron chi connectivity index (χ4n) is 1.38. The molecule has 1 aromatic rings. The van der Waals surface area contributed by atoms with Crippen molar-refractivity contribution in [3.05, 3.63) is 33.6 Å². The summed E-state index contributed by atoms with van der Waals surface area (Å²) in [4.78, 5) is 10.1. The van der Waals surface area contributed by atoms with Crippen molar-refractivity contribution in [3.63, 3.8) is 0 Å². The van der Waals surface area contributed by atoms with Crippen LogP contribution in [0.1, 0.15) is 12.5 Å². The van der Waals surface area contributed by atoms with Gasteiger partial charge < -0.3 is 15.5 Å². The average molecular weight is 258 g/mol. The zero-order valence-electron chi connectivity index (χ0n) is 10.1. The van der Waals surface area contributed by atoms with E-state index in [2.05, 4.69) is 5.32 Å². The summed E-state index contributed by atoms with van der Waals surface area (Å²) in [6.45, 7) is 2.13. The van der Waals surface area contributed by atoms with Gasteiger partial charge in [-0.05, 0) is 25.5 Å². The number of nitro benzene ring substituents is 1. The van der Waals surface area contributed by atoms with Gasteiger partial charge in [0.25, 0.3) is 5.69 Å². The van der Waals surface area contributed by atoms with E-state index in [1.807, 2.05) is 0 Å². The van der Waals surface area contributed by atoms with Crippen molar-refractivity contribution in [2.45, 2.75) is 19.4 Å². The van der Waals surface area contributed by atoms with Crippen molar-refractivity contribution in [2.75, 3.05) is 18.5 Å². The number of rotatable bonds is 5. The van der Waals surface area contributed by atoms with E-state index >= 15 is 0 Å². The lowest BCUT2D eigenvalue weighted by atomic mass is 10.0. The smallest absolute Gasteiger partial charge is 0.295 e. The molecule has 6 nitrogen and oxygen atoms in total. The van der Waals surface area contributed by atoms with Crippen molar-refractivity contribution in [1.29, 1.82) is 0 Å². The van der Waals surface area contributed by atoms with Crippen LogP contribution in [0.3, 0.4) is 0 Å². The Bertz CT molecular complexity index is 461. The maximum atomic E-state index is 13.3. The highest BCUT2D eigenvalue weighted by Crippen LogP contribution is 2.29. The third-order valence-electron chi connectivity index (χ3n) is 2.61. The summed E-state index contributed by atoms with van der Waals surface area (Å²) in [5.74, 6) is -0.679. The molecule has 7 heteroatoms. The lowest BCUT2D eigenvalue weighted by molar-refractivity contribution is -0.384. The maximum Gasteiger partial charge on any atom is 0.295 e. The van der Waals surface area contributed by atoms with Gasteiger partial charge in [0.05, 0.1) is 29.7 Å². The van der Waals surface area contributed by atoms with Crippen LogP contribution in [0.2, 0.25) is 0 Å². The molecule has 0 saturated carbocycles. The molecule has 0 spiro atoms. The van der Waals surface area contributed by atoms with Crippen LogP contribution < -0.4 is 5.32 Å². The van der Waals surface area contributed by atoms with Crippen LogP contribution in [-0.4, -0.2) is 33.9 Å². The molecule has 100 valence electrons. The first kappa shape index (κ1) is 14.3.